The lowest BCUT2D eigenvalue weighted by atomic mass is 10.2. The van der Waals surface area contributed by atoms with Crippen LogP contribution >= 0.6 is 22.7 Å². The van der Waals surface area contributed by atoms with Gasteiger partial charge in [0, 0.05) is 23.7 Å². The molecule has 3 heterocycles. The number of thiazole rings is 1. The van der Waals surface area contributed by atoms with Crippen molar-refractivity contribution in [3.63, 3.8) is 0 Å². The number of hydrogen-bond acceptors (Lipinski definition) is 4. The molecule has 0 unspecified atom stereocenters. The normalized spacial score (nSPS) is 10.9. The predicted octanol–water partition coefficient (Wildman–Crippen LogP) is 3.49. The molecule has 0 aliphatic carbocycles. The van der Waals surface area contributed by atoms with E-state index in [-0.39, 0.29) is 0 Å². The molecule has 0 saturated heterocycles. The fourth-order valence-corrected chi connectivity index (χ4v) is 3.45. The van der Waals surface area contributed by atoms with Crippen molar-refractivity contribution in [2.75, 3.05) is 0 Å². The Morgan fingerprint density at radius 2 is 2.29 bits per heavy atom. The van der Waals surface area contributed by atoms with E-state index in [1.807, 2.05) is 6.20 Å². The average Bonchev–Trinajstić information content (AvgIpc) is 3.00. The SMILES string of the molecule is Cc1ccsc1-c1csc(Cc2cnc[nH]2)n1. The van der Waals surface area contributed by atoms with Crippen molar-refractivity contribution in [1.29, 1.82) is 0 Å². The molecule has 0 spiro atoms. The van der Waals surface area contributed by atoms with E-state index in [0.29, 0.717) is 0 Å². The number of thiophene rings is 1. The molecule has 86 valence electrons. The van der Waals surface area contributed by atoms with Crippen LogP contribution in [0, 0.1) is 6.92 Å². The molecule has 3 aromatic heterocycles. The first kappa shape index (κ1) is 10.7. The number of H-pyrrole nitrogens is 1. The highest BCUT2D eigenvalue weighted by Crippen LogP contribution is 2.30. The maximum Gasteiger partial charge on any atom is 0.0992 e. The van der Waals surface area contributed by atoms with Crippen molar-refractivity contribution in [2.24, 2.45) is 0 Å². The van der Waals surface area contributed by atoms with Crippen LogP contribution in [0.5, 0.6) is 0 Å². The van der Waals surface area contributed by atoms with Crippen LogP contribution < -0.4 is 0 Å². The summed E-state index contributed by atoms with van der Waals surface area (Å²) in [4.78, 5) is 13.1. The second kappa shape index (κ2) is 4.43. The Bertz CT molecular complexity index is 607. The molecular weight excluding hydrogens is 250 g/mol. The number of rotatable bonds is 3. The summed E-state index contributed by atoms with van der Waals surface area (Å²) >= 11 is 3.45. The summed E-state index contributed by atoms with van der Waals surface area (Å²) in [5.74, 6) is 0. The van der Waals surface area contributed by atoms with Gasteiger partial charge in [0.2, 0.25) is 0 Å². The summed E-state index contributed by atoms with van der Waals surface area (Å²) in [6.45, 7) is 2.12. The third kappa shape index (κ3) is 2.16. The van der Waals surface area contributed by atoms with Gasteiger partial charge in [0.1, 0.15) is 0 Å². The minimum atomic E-state index is 0.828. The lowest BCUT2D eigenvalue weighted by Gasteiger charge is -1.93. The van der Waals surface area contributed by atoms with E-state index >= 15 is 0 Å². The number of hydrogen-bond donors (Lipinski definition) is 1. The Morgan fingerprint density at radius 1 is 1.35 bits per heavy atom. The maximum absolute atomic E-state index is 4.67. The van der Waals surface area contributed by atoms with Crippen LogP contribution in [-0.2, 0) is 6.42 Å². The number of aromatic nitrogens is 3. The molecule has 0 aliphatic heterocycles. The van der Waals surface area contributed by atoms with E-state index in [1.165, 1.54) is 10.4 Å². The van der Waals surface area contributed by atoms with Crippen LogP contribution in [0.2, 0.25) is 0 Å². The quantitative estimate of drug-likeness (QED) is 0.784. The first-order valence-electron chi connectivity index (χ1n) is 5.29. The van der Waals surface area contributed by atoms with Crippen LogP contribution in [0.4, 0.5) is 0 Å². The zero-order chi connectivity index (χ0) is 11.7. The molecule has 1 N–H and O–H groups in total. The molecule has 0 atom stereocenters. The standard InChI is InChI=1S/C12H11N3S2/c1-8-2-3-16-12(8)10-6-17-11(15-10)4-9-5-13-7-14-9/h2-3,5-7H,4H2,1H3,(H,13,14). The molecule has 0 saturated carbocycles. The lowest BCUT2D eigenvalue weighted by Crippen LogP contribution is -1.87. The van der Waals surface area contributed by atoms with Crippen molar-refractivity contribution in [1.82, 2.24) is 15.0 Å². The second-order valence-electron chi connectivity index (χ2n) is 3.81. The minimum absolute atomic E-state index is 0.828. The molecule has 0 fully saturated rings. The first-order chi connectivity index (χ1) is 8.33. The predicted molar refractivity (Wildman–Crippen MR) is 71.6 cm³/mol. The van der Waals surface area contributed by atoms with Crippen LogP contribution in [0.1, 0.15) is 16.3 Å². The third-order valence-corrected chi connectivity index (χ3v) is 4.43. The van der Waals surface area contributed by atoms with Gasteiger partial charge in [-0.1, -0.05) is 0 Å². The van der Waals surface area contributed by atoms with Gasteiger partial charge >= 0.3 is 0 Å². The second-order valence-corrected chi connectivity index (χ2v) is 5.67. The smallest absolute Gasteiger partial charge is 0.0992 e. The molecule has 5 heteroatoms. The fraction of sp³-hybridized carbons (Fsp3) is 0.167. The summed E-state index contributed by atoms with van der Waals surface area (Å²) in [5.41, 5.74) is 3.50. The van der Waals surface area contributed by atoms with E-state index in [1.54, 1.807) is 29.0 Å². The third-order valence-electron chi connectivity index (χ3n) is 2.54. The van der Waals surface area contributed by atoms with E-state index in [4.69, 9.17) is 0 Å². The Kier molecular flexibility index (Phi) is 2.78. The highest BCUT2D eigenvalue weighted by molar-refractivity contribution is 7.14. The van der Waals surface area contributed by atoms with Gasteiger partial charge in [-0.15, -0.1) is 22.7 Å². The van der Waals surface area contributed by atoms with Crippen LogP contribution in [-0.4, -0.2) is 15.0 Å². The Labute approximate surface area is 107 Å². The van der Waals surface area contributed by atoms with E-state index in [0.717, 1.165) is 22.8 Å². The number of nitrogens with zero attached hydrogens (tertiary/aromatic N) is 2. The Balaban J connectivity index is 1.86. The van der Waals surface area contributed by atoms with Crippen LogP contribution in [0.3, 0.4) is 0 Å². The summed E-state index contributed by atoms with van der Waals surface area (Å²) in [6, 6.07) is 2.13. The van der Waals surface area contributed by atoms with Crippen molar-refractivity contribution in [3.05, 3.63) is 45.6 Å². The zero-order valence-corrected chi connectivity index (χ0v) is 10.9. The highest BCUT2D eigenvalue weighted by atomic mass is 32.1. The van der Waals surface area contributed by atoms with E-state index < -0.39 is 0 Å². The van der Waals surface area contributed by atoms with Gasteiger partial charge in [0.05, 0.1) is 21.9 Å². The summed E-state index contributed by atoms with van der Waals surface area (Å²) in [6.07, 6.45) is 4.37. The molecule has 0 aliphatic rings. The molecular formula is C12H11N3S2. The first-order valence-corrected chi connectivity index (χ1v) is 7.05. The van der Waals surface area contributed by atoms with Gasteiger partial charge in [0.15, 0.2) is 0 Å². The molecule has 0 radical (unpaired) electrons. The van der Waals surface area contributed by atoms with Gasteiger partial charge < -0.3 is 4.98 Å². The van der Waals surface area contributed by atoms with Crippen molar-refractivity contribution in [2.45, 2.75) is 13.3 Å². The average molecular weight is 261 g/mol. The zero-order valence-electron chi connectivity index (χ0n) is 9.30. The van der Waals surface area contributed by atoms with Gasteiger partial charge in [-0.25, -0.2) is 9.97 Å². The number of nitrogens with one attached hydrogen (secondary N) is 1. The van der Waals surface area contributed by atoms with Gasteiger partial charge in [-0.3, -0.25) is 0 Å². The molecule has 0 bridgehead atoms. The maximum atomic E-state index is 4.67. The molecule has 3 rings (SSSR count). The molecule has 0 amide bonds. The lowest BCUT2D eigenvalue weighted by molar-refractivity contribution is 1.08. The highest BCUT2D eigenvalue weighted by Gasteiger charge is 2.09. The summed E-state index contributed by atoms with van der Waals surface area (Å²) in [5, 5.41) is 5.36. The minimum Gasteiger partial charge on any atom is -0.348 e. The summed E-state index contributed by atoms with van der Waals surface area (Å²) < 4.78 is 0. The fourth-order valence-electron chi connectivity index (χ4n) is 1.68. The van der Waals surface area contributed by atoms with Crippen LogP contribution in [0.15, 0.2) is 29.4 Å². The molecule has 3 nitrogen and oxygen atoms in total. The molecule has 0 aromatic carbocycles. The van der Waals surface area contributed by atoms with Gasteiger partial charge in [-0.2, -0.15) is 0 Å². The number of aromatic amines is 1. The van der Waals surface area contributed by atoms with Crippen molar-refractivity contribution >= 4 is 22.7 Å². The van der Waals surface area contributed by atoms with E-state index in [9.17, 15) is 0 Å². The van der Waals surface area contributed by atoms with Crippen molar-refractivity contribution < 1.29 is 0 Å². The monoisotopic (exact) mass is 261 g/mol. The topological polar surface area (TPSA) is 41.6 Å². The number of aryl methyl sites for hydroxylation is 1. The van der Waals surface area contributed by atoms with Gasteiger partial charge in [0.25, 0.3) is 0 Å². The van der Waals surface area contributed by atoms with Crippen molar-refractivity contribution in [3.8, 4) is 10.6 Å². The molecule has 17 heavy (non-hydrogen) atoms. The molecule has 3 aromatic rings. The Hall–Kier alpha value is -1.46. The van der Waals surface area contributed by atoms with Crippen LogP contribution in [0.25, 0.3) is 10.6 Å². The Morgan fingerprint density at radius 3 is 3.00 bits per heavy atom. The van der Waals surface area contributed by atoms with E-state index in [2.05, 4.69) is 38.7 Å². The van der Waals surface area contributed by atoms with Gasteiger partial charge in [-0.05, 0) is 23.9 Å². The summed E-state index contributed by atoms with van der Waals surface area (Å²) in [7, 11) is 0. The number of imidazole rings is 1. The largest absolute Gasteiger partial charge is 0.348 e.